The summed E-state index contributed by atoms with van der Waals surface area (Å²) in [5.74, 6) is 0.630. The summed E-state index contributed by atoms with van der Waals surface area (Å²) in [7, 11) is 1.75. The number of hydrogen-bond acceptors (Lipinski definition) is 2. The summed E-state index contributed by atoms with van der Waals surface area (Å²) in [6.45, 7) is 5.04. The maximum Gasteiger partial charge on any atom is 0.191 e. The van der Waals surface area contributed by atoms with Gasteiger partial charge in [0.1, 0.15) is 5.82 Å². The Labute approximate surface area is 138 Å². The van der Waals surface area contributed by atoms with Crippen molar-refractivity contribution in [3.05, 3.63) is 35.6 Å². The number of nitrogens with zero attached hydrogens (tertiary/aromatic N) is 1. The average Bonchev–Trinajstić information content (AvgIpc) is 3.35. The molecule has 1 saturated carbocycles. The monoisotopic (exact) mass is 321 g/mol. The second-order valence-electron chi connectivity index (χ2n) is 6.08. The van der Waals surface area contributed by atoms with Crippen molar-refractivity contribution in [2.24, 2.45) is 4.99 Å². The maximum absolute atomic E-state index is 14.0. The summed E-state index contributed by atoms with van der Waals surface area (Å²) in [6.07, 6.45) is 4.27. The van der Waals surface area contributed by atoms with Crippen LogP contribution in [0.1, 0.15) is 38.2 Å². The van der Waals surface area contributed by atoms with Gasteiger partial charge in [0.05, 0.1) is 6.61 Å². The van der Waals surface area contributed by atoms with Crippen molar-refractivity contribution in [2.45, 2.75) is 38.0 Å². The van der Waals surface area contributed by atoms with Crippen LogP contribution in [0.25, 0.3) is 0 Å². The van der Waals surface area contributed by atoms with E-state index in [9.17, 15) is 4.39 Å². The number of hydrogen-bond donors (Lipinski definition) is 2. The lowest BCUT2D eigenvalue weighted by Crippen LogP contribution is -2.42. The first-order valence-electron chi connectivity index (χ1n) is 8.49. The standard InChI is InChI=1S/C18H28FN3O/c1-3-4-12-23-13-11-21-17(20-2)22-14-18(9-10-18)15-7-5-6-8-16(15)19/h5-8H,3-4,9-14H2,1-2H3,(H2,20,21,22). The number of ether oxygens (including phenoxy) is 1. The predicted octanol–water partition coefficient (Wildman–Crippen LogP) is 2.84. The van der Waals surface area contributed by atoms with Gasteiger partial charge >= 0.3 is 0 Å². The van der Waals surface area contributed by atoms with Gasteiger partial charge < -0.3 is 15.4 Å². The highest BCUT2D eigenvalue weighted by atomic mass is 19.1. The summed E-state index contributed by atoms with van der Waals surface area (Å²) >= 11 is 0. The Kier molecular flexibility index (Phi) is 6.84. The lowest BCUT2D eigenvalue weighted by Gasteiger charge is -2.19. The third-order valence-electron chi connectivity index (χ3n) is 4.30. The Hall–Kier alpha value is -1.62. The minimum atomic E-state index is -0.112. The highest BCUT2D eigenvalue weighted by Crippen LogP contribution is 2.48. The van der Waals surface area contributed by atoms with Crippen LogP contribution in [0.3, 0.4) is 0 Å². The molecule has 0 spiro atoms. The van der Waals surface area contributed by atoms with Crippen LogP contribution in [0.2, 0.25) is 0 Å². The molecule has 1 aliphatic rings. The summed E-state index contributed by atoms with van der Waals surface area (Å²) in [4.78, 5) is 4.21. The van der Waals surface area contributed by atoms with E-state index in [0.717, 1.165) is 50.4 Å². The molecule has 0 heterocycles. The van der Waals surface area contributed by atoms with E-state index in [2.05, 4.69) is 22.5 Å². The number of rotatable bonds is 9. The number of unbranched alkanes of at least 4 members (excludes halogenated alkanes) is 1. The molecule has 1 aromatic rings. The molecule has 0 atom stereocenters. The zero-order chi connectivity index (χ0) is 16.5. The van der Waals surface area contributed by atoms with Gasteiger partial charge in [0, 0.05) is 32.2 Å². The van der Waals surface area contributed by atoms with Gasteiger partial charge in [-0.25, -0.2) is 4.39 Å². The van der Waals surface area contributed by atoms with Gasteiger partial charge in [-0.1, -0.05) is 31.5 Å². The molecule has 0 amide bonds. The topological polar surface area (TPSA) is 45.6 Å². The minimum absolute atomic E-state index is 0.0827. The van der Waals surface area contributed by atoms with Gasteiger partial charge in [0.2, 0.25) is 0 Å². The number of guanidine groups is 1. The van der Waals surface area contributed by atoms with Crippen molar-refractivity contribution in [3.63, 3.8) is 0 Å². The first kappa shape index (κ1) is 17.7. The molecule has 0 radical (unpaired) electrons. The molecule has 0 bridgehead atoms. The third kappa shape index (κ3) is 5.20. The third-order valence-corrected chi connectivity index (χ3v) is 4.30. The van der Waals surface area contributed by atoms with Gasteiger partial charge in [-0.15, -0.1) is 0 Å². The summed E-state index contributed by atoms with van der Waals surface area (Å²) in [6, 6.07) is 7.07. The molecule has 1 aromatic carbocycles. The highest BCUT2D eigenvalue weighted by molar-refractivity contribution is 5.79. The molecule has 23 heavy (non-hydrogen) atoms. The van der Waals surface area contributed by atoms with Crippen LogP contribution in [0.15, 0.2) is 29.3 Å². The Morgan fingerprint density at radius 1 is 1.26 bits per heavy atom. The van der Waals surface area contributed by atoms with Crippen molar-refractivity contribution in [3.8, 4) is 0 Å². The van der Waals surface area contributed by atoms with Crippen LogP contribution in [-0.2, 0) is 10.2 Å². The number of nitrogens with one attached hydrogen (secondary N) is 2. The second kappa shape index (κ2) is 8.87. The molecule has 0 unspecified atom stereocenters. The lowest BCUT2D eigenvalue weighted by molar-refractivity contribution is 0.136. The lowest BCUT2D eigenvalue weighted by atomic mass is 9.95. The van der Waals surface area contributed by atoms with Crippen LogP contribution in [0, 0.1) is 5.82 Å². The van der Waals surface area contributed by atoms with E-state index in [1.54, 1.807) is 13.1 Å². The Bertz CT molecular complexity index is 515. The van der Waals surface area contributed by atoms with Crippen LogP contribution in [-0.4, -0.2) is 39.3 Å². The average molecular weight is 321 g/mol. The number of halogens is 1. The zero-order valence-electron chi connectivity index (χ0n) is 14.2. The minimum Gasteiger partial charge on any atom is -0.380 e. The van der Waals surface area contributed by atoms with Gasteiger partial charge in [0.25, 0.3) is 0 Å². The fourth-order valence-electron chi connectivity index (χ4n) is 2.65. The van der Waals surface area contributed by atoms with Gasteiger partial charge in [-0.05, 0) is 30.9 Å². The molecule has 0 aromatic heterocycles. The first-order valence-corrected chi connectivity index (χ1v) is 8.49. The molecule has 2 N–H and O–H groups in total. The fourth-order valence-corrected chi connectivity index (χ4v) is 2.65. The summed E-state index contributed by atoms with van der Waals surface area (Å²) < 4.78 is 19.5. The zero-order valence-corrected chi connectivity index (χ0v) is 14.2. The van der Waals surface area contributed by atoms with Crippen molar-refractivity contribution in [1.29, 1.82) is 0 Å². The van der Waals surface area contributed by atoms with E-state index in [0.29, 0.717) is 13.2 Å². The first-order chi connectivity index (χ1) is 11.2. The van der Waals surface area contributed by atoms with Crippen LogP contribution in [0.4, 0.5) is 4.39 Å². The largest absolute Gasteiger partial charge is 0.380 e. The van der Waals surface area contributed by atoms with E-state index >= 15 is 0 Å². The SMILES string of the molecule is CCCCOCCNC(=NC)NCC1(c2ccccc2F)CC1. The van der Waals surface area contributed by atoms with Crippen molar-refractivity contribution in [2.75, 3.05) is 33.4 Å². The molecule has 1 aliphatic carbocycles. The molecule has 2 rings (SSSR count). The molecule has 0 saturated heterocycles. The fraction of sp³-hybridized carbons (Fsp3) is 0.611. The maximum atomic E-state index is 14.0. The Balaban J connectivity index is 1.74. The van der Waals surface area contributed by atoms with Crippen LogP contribution >= 0.6 is 0 Å². The van der Waals surface area contributed by atoms with E-state index < -0.39 is 0 Å². The van der Waals surface area contributed by atoms with Crippen molar-refractivity contribution >= 4 is 5.96 Å². The normalized spacial score (nSPS) is 16.2. The number of benzene rings is 1. The van der Waals surface area contributed by atoms with Gasteiger partial charge in [0.15, 0.2) is 5.96 Å². The highest BCUT2D eigenvalue weighted by Gasteiger charge is 2.45. The van der Waals surface area contributed by atoms with E-state index in [1.807, 2.05) is 12.1 Å². The van der Waals surface area contributed by atoms with Crippen molar-refractivity contribution < 1.29 is 9.13 Å². The molecule has 0 aliphatic heterocycles. The van der Waals surface area contributed by atoms with Gasteiger partial charge in [-0.3, -0.25) is 4.99 Å². The summed E-state index contributed by atoms with van der Waals surface area (Å²) in [5, 5.41) is 6.55. The van der Waals surface area contributed by atoms with E-state index in [4.69, 9.17) is 4.74 Å². The second-order valence-corrected chi connectivity index (χ2v) is 6.08. The molecule has 4 nitrogen and oxygen atoms in total. The molecule has 5 heteroatoms. The molecule has 1 fully saturated rings. The number of aliphatic imine (C=N–C) groups is 1. The quantitative estimate of drug-likeness (QED) is 0.418. The van der Waals surface area contributed by atoms with Gasteiger partial charge in [-0.2, -0.15) is 0 Å². The molecular formula is C18H28FN3O. The van der Waals surface area contributed by atoms with E-state index in [-0.39, 0.29) is 11.2 Å². The smallest absolute Gasteiger partial charge is 0.191 e. The molecular weight excluding hydrogens is 293 g/mol. The Morgan fingerprint density at radius 3 is 2.70 bits per heavy atom. The van der Waals surface area contributed by atoms with Crippen LogP contribution < -0.4 is 10.6 Å². The van der Waals surface area contributed by atoms with Crippen LogP contribution in [0.5, 0.6) is 0 Å². The Morgan fingerprint density at radius 2 is 2.04 bits per heavy atom. The van der Waals surface area contributed by atoms with Crippen molar-refractivity contribution in [1.82, 2.24) is 10.6 Å². The summed E-state index contributed by atoms with van der Waals surface area (Å²) in [5.41, 5.74) is 0.728. The van der Waals surface area contributed by atoms with E-state index in [1.165, 1.54) is 6.07 Å². The predicted molar refractivity (Wildman–Crippen MR) is 92.4 cm³/mol. The molecule has 128 valence electrons.